The Hall–Kier alpha value is -3.35. The van der Waals surface area contributed by atoms with Gasteiger partial charge in [-0.05, 0) is 29.8 Å². The van der Waals surface area contributed by atoms with E-state index in [9.17, 15) is 4.39 Å². The minimum Gasteiger partial charge on any atom is -0.370 e. The van der Waals surface area contributed by atoms with E-state index in [1.165, 1.54) is 17.7 Å². The summed E-state index contributed by atoms with van der Waals surface area (Å²) in [6.45, 7) is 4.43. The van der Waals surface area contributed by atoms with Gasteiger partial charge in [0.2, 0.25) is 0 Å². The first-order valence-electron chi connectivity index (χ1n) is 9.78. The molecule has 0 atom stereocenters. The Balaban J connectivity index is 1.33. The highest BCUT2D eigenvalue weighted by Crippen LogP contribution is 2.17. The zero-order chi connectivity index (χ0) is 20.1. The second kappa shape index (κ2) is 8.77. The third-order valence-electron chi connectivity index (χ3n) is 5.18. The van der Waals surface area contributed by atoms with Crippen LogP contribution in [0.3, 0.4) is 0 Å². The summed E-state index contributed by atoms with van der Waals surface area (Å²) in [5.74, 6) is 1.22. The SMILES string of the molecule is NC(=NCc1nccn1Cc1ccccc1)N1CCN(c2ccc(F)cc2)CC1. The Morgan fingerprint density at radius 1 is 1.00 bits per heavy atom. The molecule has 6 nitrogen and oxygen atoms in total. The molecule has 1 aliphatic rings. The van der Waals surface area contributed by atoms with Crippen LogP contribution in [-0.4, -0.2) is 46.6 Å². The molecule has 1 fully saturated rings. The van der Waals surface area contributed by atoms with Crippen molar-refractivity contribution in [2.24, 2.45) is 10.7 Å². The van der Waals surface area contributed by atoms with Gasteiger partial charge in [-0.15, -0.1) is 0 Å². The van der Waals surface area contributed by atoms with Crippen molar-refractivity contribution < 1.29 is 4.39 Å². The molecule has 0 radical (unpaired) electrons. The molecule has 2 N–H and O–H groups in total. The van der Waals surface area contributed by atoms with Crippen molar-refractivity contribution in [3.63, 3.8) is 0 Å². The predicted octanol–water partition coefficient (Wildman–Crippen LogP) is 2.71. The lowest BCUT2D eigenvalue weighted by atomic mass is 10.2. The quantitative estimate of drug-likeness (QED) is 0.536. The van der Waals surface area contributed by atoms with Crippen LogP contribution in [0.2, 0.25) is 0 Å². The molecule has 2 aromatic carbocycles. The number of aromatic nitrogens is 2. The van der Waals surface area contributed by atoms with E-state index in [-0.39, 0.29) is 5.82 Å². The van der Waals surface area contributed by atoms with E-state index in [4.69, 9.17) is 5.73 Å². The number of nitrogens with two attached hydrogens (primary N) is 1. The molecule has 1 aromatic heterocycles. The van der Waals surface area contributed by atoms with Gasteiger partial charge in [0.25, 0.3) is 0 Å². The zero-order valence-corrected chi connectivity index (χ0v) is 16.3. The standard InChI is InChI=1S/C22H25FN6/c23-19-6-8-20(9-7-19)27-12-14-28(15-13-27)22(24)26-16-21-25-10-11-29(21)17-18-4-2-1-3-5-18/h1-11H,12-17H2,(H2,24,26). The Morgan fingerprint density at radius 3 is 2.45 bits per heavy atom. The lowest BCUT2D eigenvalue weighted by molar-refractivity contribution is 0.380. The molecule has 1 aliphatic heterocycles. The van der Waals surface area contributed by atoms with E-state index in [0.717, 1.165) is 44.2 Å². The Bertz CT molecular complexity index is 943. The third kappa shape index (κ3) is 4.74. The van der Waals surface area contributed by atoms with Crippen molar-refractivity contribution in [1.29, 1.82) is 0 Å². The summed E-state index contributed by atoms with van der Waals surface area (Å²) in [5.41, 5.74) is 8.50. The first-order chi connectivity index (χ1) is 14.2. The van der Waals surface area contributed by atoms with E-state index in [1.807, 2.05) is 36.5 Å². The number of hydrogen-bond acceptors (Lipinski definition) is 3. The van der Waals surface area contributed by atoms with Crippen molar-refractivity contribution in [2.75, 3.05) is 31.1 Å². The number of nitrogens with zero attached hydrogens (tertiary/aromatic N) is 5. The van der Waals surface area contributed by atoms with Gasteiger partial charge in [-0.25, -0.2) is 14.4 Å². The van der Waals surface area contributed by atoms with Gasteiger partial charge in [-0.1, -0.05) is 30.3 Å². The van der Waals surface area contributed by atoms with Gasteiger partial charge in [-0.2, -0.15) is 0 Å². The molecule has 0 spiro atoms. The summed E-state index contributed by atoms with van der Waals surface area (Å²) in [5, 5.41) is 0. The van der Waals surface area contributed by atoms with Crippen LogP contribution in [0.5, 0.6) is 0 Å². The molecule has 1 saturated heterocycles. The molecule has 0 bridgehead atoms. The van der Waals surface area contributed by atoms with E-state index in [2.05, 4.69) is 36.5 Å². The topological polar surface area (TPSA) is 62.7 Å². The number of halogens is 1. The molecule has 0 unspecified atom stereocenters. The van der Waals surface area contributed by atoms with Crippen molar-refractivity contribution in [3.8, 4) is 0 Å². The van der Waals surface area contributed by atoms with Gasteiger partial charge < -0.3 is 20.1 Å². The number of hydrogen-bond donors (Lipinski definition) is 1. The van der Waals surface area contributed by atoms with Crippen LogP contribution >= 0.6 is 0 Å². The Labute approximate surface area is 170 Å². The van der Waals surface area contributed by atoms with Crippen molar-refractivity contribution >= 4 is 11.6 Å². The van der Waals surface area contributed by atoms with Crippen molar-refractivity contribution in [2.45, 2.75) is 13.1 Å². The van der Waals surface area contributed by atoms with Gasteiger partial charge in [0, 0.05) is 50.8 Å². The Kier molecular flexibility index (Phi) is 5.74. The molecule has 29 heavy (non-hydrogen) atoms. The van der Waals surface area contributed by atoms with Crippen LogP contribution < -0.4 is 10.6 Å². The first-order valence-corrected chi connectivity index (χ1v) is 9.78. The molecular formula is C22H25FN6. The van der Waals surface area contributed by atoms with Crippen LogP contribution in [0.15, 0.2) is 72.0 Å². The summed E-state index contributed by atoms with van der Waals surface area (Å²) >= 11 is 0. The fourth-order valence-corrected chi connectivity index (χ4v) is 3.51. The lowest BCUT2D eigenvalue weighted by Crippen LogP contribution is -2.51. The minimum atomic E-state index is -0.214. The molecule has 3 aromatic rings. The molecule has 0 amide bonds. The summed E-state index contributed by atoms with van der Waals surface area (Å²) in [6, 6.07) is 16.9. The number of rotatable bonds is 5. The predicted molar refractivity (Wildman–Crippen MR) is 113 cm³/mol. The highest BCUT2D eigenvalue weighted by Gasteiger charge is 2.18. The number of imidazole rings is 1. The molecule has 0 aliphatic carbocycles. The number of aliphatic imine (C=N–C) groups is 1. The van der Waals surface area contributed by atoms with E-state index in [1.54, 1.807) is 6.20 Å². The van der Waals surface area contributed by atoms with E-state index < -0.39 is 0 Å². The maximum atomic E-state index is 13.1. The van der Waals surface area contributed by atoms with E-state index >= 15 is 0 Å². The molecular weight excluding hydrogens is 367 g/mol. The largest absolute Gasteiger partial charge is 0.370 e. The fourth-order valence-electron chi connectivity index (χ4n) is 3.51. The highest BCUT2D eigenvalue weighted by molar-refractivity contribution is 5.78. The monoisotopic (exact) mass is 392 g/mol. The van der Waals surface area contributed by atoms with Crippen LogP contribution in [0, 0.1) is 5.82 Å². The molecule has 2 heterocycles. The second-order valence-electron chi connectivity index (χ2n) is 7.08. The molecule has 7 heteroatoms. The lowest BCUT2D eigenvalue weighted by Gasteiger charge is -2.36. The fraction of sp³-hybridized carbons (Fsp3) is 0.273. The maximum absolute atomic E-state index is 13.1. The number of piperazine rings is 1. The van der Waals surface area contributed by atoms with Crippen LogP contribution in [-0.2, 0) is 13.1 Å². The first kappa shape index (κ1) is 19.0. The van der Waals surface area contributed by atoms with Gasteiger partial charge in [0.05, 0.1) is 0 Å². The molecule has 0 saturated carbocycles. The van der Waals surface area contributed by atoms with Crippen LogP contribution in [0.1, 0.15) is 11.4 Å². The minimum absolute atomic E-state index is 0.214. The summed E-state index contributed by atoms with van der Waals surface area (Å²) in [4.78, 5) is 13.3. The summed E-state index contributed by atoms with van der Waals surface area (Å²) in [6.07, 6.45) is 3.76. The van der Waals surface area contributed by atoms with Crippen LogP contribution in [0.4, 0.5) is 10.1 Å². The number of anilines is 1. The third-order valence-corrected chi connectivity index (χ3v) is 5.18. The average Bonchev–Trinajstić information content (AvgIpc) is 3.20. The number of guanidine groups is 1. The number of benzene rings is 2. The van der Waals surface area contributed by atoms with Crippen molar-refractivity contribution in [1.82, 2.24) is 14.5 Å². The average molecular weight is 392 g/mol. The molecule has 150 valence electrons. The maximum Gasteiger partial charge on any atom is 0.191 e. The zero-order valence-electron chi connectivity index (χ0n) is 16.3. The van der Waals surface area contributed by atoms with E-state index in [0.29, 0.717) is 12.5 Å². The van der Waals surface area contributed by atoms with Gasteiger partial charge in [0.1, 0.15) is 18.2 Å². The van der Waals surface area contributed by atoms with Crippen LogP contribution in [0.25, 0.3) is 0 Å². The summed E-state index contributed by atoms with van der Waals surface area (Å²) < 4.78 is 15.2. The van der Waals surface area contributed by atoms with Gasteiger partial charge in [-0.3, -0.25) is 0 Å². The second-order valence-corrected chi connectivity index (χ2v) is 7.08. The van der Waals surface area contributed by atoms with Crippen molar-refractivity contribution in [3.05, 3.63) is 84.2 Å². The Morgan fingerprint density at radius 2 is 1.72 bits per heavy atom. The molecule has 4 rings (SSSR count). The van der Waals surface area contributed by atoms with Gasteiger partial charge >= 0.3 is 0 Å². The highest BCUT2D eigenvalue weighted by atomic mass is 19.1. The normalized spacial score (nSPS) is 15.0. The smallest absolute Gasteiger partial charge is 0.191 e. The summed E-state index contributed by atoms with van der Waals surface area (Å²) in [7, 11) is 0. The van der Waals surface area contributed by atoms with Gasteiger partial charge in [0.15, 0.2) is 5.96 Å².